The molecular weight excluding hydrogens is 894 g/mol. The molecule has 0 aliphatic carbocycles. The number of carboxylic acid groups (broad SMARTS) is 1. The highest BCUT2D eigenvalue weighted by atomic mass is 35.5. The number of ether oxygens (including phenoxy) is 3. The fourth-order valence-electron chi connectivity index (χ4n) is 7.41. The van der Waals surface area contributed by atoms with Crippen LogP contribution in [0.25, 0.3) is 30.3 Å². The number of thiophene rings is 3. The van der Waals surface area contributed by atoms with Crippen molar-refractivity contribution in [2.45, 2.75) is 56.8 Å². The summed E-state index contributed by atoms with van der Waals surface area (Å²) in [4.78, 5) is 26.0. The average molecular weight is 957 g/mol. The van der Waals surface area contributed by atoms with E-state index in [2.05, 4.69) is 99.2 Å². The Morgan fingerprint density at radius 1 is 0.609 bits per heavy atom. The molecule has 0 saturated carbocycles. The van der Waals surface area contributed by atoms with Gasteiger partial charge in [-0.05, 0) is 130 Å². The molecule has 6 aromatic rings. The molecule has 12 nitrogen and oxygen atoms in total. The molecule has 3 aliphatic heterocycles. The zero-order chi connectivity index (χ0) is 44.2. The predicted octanol–water partition coefficient (Wildman–Crippen LogP) is 6.89. The third-order valence-electron chi connectivity index (χ3n) is 11.0. The number of β-amino-alcohol motifs (C(OH)–C–C–N with tert-alkyl or cyclic N) is 3. The molecule has 9 rings (SSSR count). The van der Waals surface area contributed by atoms with E-state index in [1.807, 2.05) is 0 Å². The van der Waals surface area contributed by atoms with Gasteiger partial charge in [-0.2, -0.15) is 0 Å². The van der Waals surface area contributed by atoms with Gasteiger partial charge in [0.15, 0.2) is 0 Å². The SMILES string of the molecule is Cl.O=C(COCCc1ccc2sccc2c1)N1CC[C@@H](O)C1.O=C(O)COCCc1ccc2sccc2c1.O[C@@H]1CCN(CCOCCc2ccc3sccc3c2)C1.O[C@@H]1CCNC1. The topological polar surface area (TPSA) is 161 Å². The Labute approximate surface area is 393 Å². The zero-order valence-electron chi connectivity index (χ0n) is 36.2. The second-order valence-corrected chi connectivity index (χ2v) is 18.8. The highest BCUT2D eigenvalue weighted by Gasteiger charge is 2.24. The Morgan fingerprint density at radius 3 is 1.53 bits per heavy atom. The molecule has 64 heavy (non-hydrogen) atoms. The van der Waals surface area contributed by atoms with Crippen molar-refractivity contribution in [3.05, 3.63) is 106 Å². The van der Waals surface area contributed by atoms with Crippen molar-refractivity contribution in [1.82, 2.24) is 15.1 Å². The predicted molar refractivity (Wildman–Crippen MR) is 262 cm³/mol. The molecular formula is C48H62ClN3O9S3. The van der Waals surface area contributed by atoms with Crippen LogP contribution < -0.4 is 5.32 Å². The molecule has 0 bridgehead atoms. The third-order valence-corrected chi connectivity index (χ3v) is 13.7. The fraction of sp³-hybridized carbons (Fsp3) is 0.458. The van der Waals surface area contributed by atoms with Gasteiger partial charge in [0, 0.05) is 53.4 Å². The molecule has 3 fully saturated rings. The van der Waals surface area contributed by atoms with E-state index in [0.29, 0.717) is 32.7 Å². The lowest BCUT2D eigenvalue weighted by atomic mass is 10.1. The van der Waals surface area contributed by atoms with Gasteiger partial charge in [-0.3, -0.25) is 9.69 Å². The van der Waals surface area contributed by atoms with Crippen LogP contribution in [0.15, 0.2) is 88.9 Å². The molecule has 3 aliphatic rings. The van der Waals surface area contributed by atoms with Gasteiger partial charge < -0.3 is 44.9 Å². The second-order valence-electron chi connectivity index (χ2n) is 15.9. The van der Waals surface area contributed by atoms with Gasteiger partial charge >= 0.3 is 5.97 Å². The van der Waals surface area contributed by atoms with Crippen molar-refractivity contribution >= 4 is 88.6 Å². The van der Waals surface area contributed by atoms with Crippen LogP contribution in [0, 0.1) is 0 Å². The number of likely N-dealkylation sites (tertiary alicyclic amines) is 2. The van der Waals surface area contributed by atoms with Gasteiger partial charge in [0.2, 0.25) is 5.91 Å². The summed E-state index contributed by atoms with van der Waals surface area (Å²) >= 11 is 5.25. The number of hydrogen-bond acceptors (Lipinski definition) is 13. The fourth-order valence-corrected chi connectivity index (χ4v) is 9.73. The number of rotatable bonds is 16. The lowest BCUT2D eigenvalue weighted by Gasteiger charge is -2.15. The molecule has 3 atom stereocenters. The summed E-state index contributed by atoms with van der Waals surface area (Å²) in [6, 6.07) is 25.7. The van der Waals surface area contributed by atoms with Crippen molar-refractivity contribution in [2.75, 3.05) is 85.5 Å². The maximum atomic E-state index is 11.8. The van der Waals surface area contributed by atoms with Gasteiger partial charge in [-0.25, -0.2) is 4.79 Å². The second kappa shape index (κ2) is 27.8. The van der Waals surface area contributed by atoms with E-state index >= 15 is 0 Å². The quantitative estimate of drug-likeness (QED) is 0.0644. The first-order valence-corrected chi connectivity index (χ1v) is 24.4. The number of carboxylic acids is 1. The van der Waals surface area contributed by atoms with Crippen LogP contribution in [0.2, 0.25) is 0 Å². The van der Waals surface area contributed by atoms with Crippen LogP contribution >= 0.6 is 46.4 Å². The number of hydrogen-bond donors (Lipinski definition) is 5. The lowest BCUT2D eigenvalue weighted by Crippen LogP contribution is -2.32. The lowest BCUT2D eigenvalue weighted by molar-refractivity contribution is -0.142. The van der Waals surface area contributed by atoms with Gasteiger partial charge in [0.05, 0.1) is 44.7 Å². The number of nitrogens with one attached hydrogen (secondary N) is 1. The van der Waals surface area contributed by atoms with Gasteiger partial charge in [0.1, 0.15) is 13.2 Å². The molecule has 348 valence electrons. The largest absolute Gasteiger partial charge is 0.480 e. The van der Waals surface area contributed by atoms with Crippen LogP contribution in [-0.2, 0) is 43.1 Å². The Balaban J connectivity index is 0.000000169. The molecule has 5 N–H and O–H groups in total. The summed E-state index contributed by atoms with van der Waals surface area (Å²) < 4.78 is 20.1. The van der Waals surface area contributed by atoms with E-state index in [4.69, 9.17) is 24.4 Å². The van der Waals surface area contributed by atoms with Crippen LogP contribution in [0.5, 0.6) is 0 Å². The van der Waals surface area contributed by atoms with Crippen LogP contribution in [0.3, 0.4) is 0 Å². The molecule has 16 heteroatoms. The number of amides is 1. The normalized spacial score (nSPS) is 18.2. The highest BCUT2D eigenvalue weighted by Crippen LogP contribution is 2.24. The Morgan fingerprint density at radius 2 is 1.11 bits per heavy atom. The number of nitrogens with zero attached hydrogens (tertiary/aromatic N) is 2. The monoisotopic (exact) mass is 955 g/mol. The van der Waals surface area contributed by atoms with Crippen LogP contribution in [0.4, 0.5) is 0 Å². The molecule has 3 aromatic heterocycles. The standard InChI is InChI=1S/C16H19NO3S.C16H21NO2S.C12H12O3S.C4H9NO.ClH/c18-14-3-6-17(10-14)16(19)11-20-7-4-12-1-2-15-13(9-12)5-8-21-15;18-15-3-6-17(12-15)7-9-19-8-4-13-1-2-16-14(11-13)5-10-20-16;13-12(14)8-15-5-3-9-1-2-11-10(7-9)4-6-16-11;6-4-1-2-5-3-4;/h1-2,5,8-9,14,18H,3-4,6-7,10-11H2;1-2,5,10-11,15,18H,3-4,6-9,12H2;1-2,4,6-7H,3,5,8H2,(H,13,14);4-6H,1-3H2;1H/t14-;15-;;4-;/m11.1./s1. The first-order valence-electron chi connectivity index (χ1n) is 21.8. The van der Waals surface area contributed by atoms with E-state index in [1.54, 1.807) is 38.9 Å². The summed E-state index contributed by atoms with van der Waals surface area (Å²) in [6.07, 6.45) is 4.46. The van der Waals surface area contributed by atoms with Crippen molar-refractivity contribution in [2.24, 2.45) is 0 Å². The Hall–Kier alpha value is -3.55. The minimum atomic E-state index is -0.923. The van der Waals surface area contributed by atoms with E-state index in [0.717, 1.165) is 78.0 Å². The molecule has 0 unspecified atom stereocenters. The molecule has 3 saturated heterocycles. The van der Waals surface area contributed by atoms with Crippen molar-refractivity contribution < 1.29 is 44.2 Å². The van der Waals surface area contributed by atoms with Crippen LogP contribution in [0.1, 0.15) is 36.0 Å². The maximum absolute atomic E-state index is 11.8. The molecule has 6 heterocycles. The van der Waals surface area contributed by atoms with E-state index in [9.17, 15) is 19.8 Å². The number of carbonyl (C=O) groups is 2. The van der Waals surface area contributed by atoms with Gasteiger partial charge in [-0.15, -0.1) is 46.4 Å². The average Bonchev–Trinajstić information content (AvgIpc) is 4.15. The molecule has 0 radical (unpaired) electrons. The van der Waals surface area contributed by atoms with Crippen molar-refractivity contribution in [3.63, 3.8) is 0 Å². The molecule has 3 aromatic carbocycles. The Bertz CT molecular complexity index is 2280. The minimum absolute atomic E-state index is 0. The summed E-state index contributed by atoms with van der Waals surface area (Å²) in [7, 11) is 0. The highest BCUT2D eigenvalue weighted by molar-refractivity contribution is 7.17. The van der Waals surface area contributed by atoms with Gasteiger partial charge in [-0.1, -0.05) is 36.4 Å². The van der Waals surface area contributed by atoms with E-state index in [-0.39, 0.29) is 49.8 Å². The summed E-state index contributed by atoms with van der Waals surface area (Å²) in [6.45, 7) is 7.99. The van der Waals surface area contributed by atoms with E-state index in [1.165, 1.54) is 46.9 Å². The number of benzene rings is 3. The van der Waals surface area contributed by atoms with Crippen molar-refractivity contribution in [1.29, 1.82) is 0 Å². The minimum Gasteiger partial charge on any atom is -0.480 e. The first kappa shape index (κ1) is 51.4. The summed E-state index contributed by atoms with van der Waals surface area (Å²) in [5, 5.41) is 49.1. The Kier molecular flexibility index (Phi) is 22.4. The third kappa shape index (κ3) is 17.7. The maximum Gasteiger partial charge on any atom is 0.329 e. The molecule has 0 spiro atoms. The van der Waals surface area contributed by atoms with Crippen molar-refractivity contribution in [3.8, 4) is 0 Å². The number of aliphatic hydroxyl groups excluding tert-OH is 3. The number of aliphatic carboxylic acids is 1. The van der Waals surface area contributed by atoms with Gasteiger partial charge in [0.25, 0.3) is 0 Å². The smallest absolute Gasteiger partial charge is 0.329 e. The summed E-state index contributed by atoms with van der Waals surface area (Å²) in [5.74, 6) is -0.951. The molecule has 1 amide bonds. The summed E-state index contributed by atoms with van der Waals surface area (Å²) in [5.41, 5.74) is 3.74. The van der Waals surface area contributed by atoms with Crippen LogP contribution in [-0.4, -0.2) is 146 Å². The number of fused-ring (bicyclic) bond motifs is 3. The number of aliphatic hydroxyl groups is 3. The first-order chi connectivity index (χ1) is 30.7. The van der Waals surface area contributed by atoms with E-state index < -0.39 is 5.97 Å². The number of carbonyl (C=O) groups excluding carboxylic acids is 1. The zero-order valence-corrected chi connectivity index (χ0v) is 39.5. The number of halogens is 1.